The molecule has 0 saturated carbocycles. The first-order chi connectivity index (χ1) is 8.69. The van der Waals surface area contributed by atoms with E-state index in [-0.39, 0.29) is 0 Å². The van der Waals surface area contributed by atoms with Crippen LogP contribution in [0.2, 0.25) is 0 Å². The molecule has 0 spiro atoms. The number of ether oxygens (including phenoxy) is 1. The number of thiophene rings is 1. The van der Waals surface area contributed by atoms with Gasteiger partial charge in [0.05, 0.1) is 6.10 Å². The molecule has 3 nitrogen and oxygen atoms in total. The Morgan fingerprint density at radius 2 is 2.44 bits per heavy atom. The predicted octanol–water partition coefficient (Wildman–Crippen LogP) is 1.99. The highest BCUT2D eigenvalue weighted by atomic mass is 32.1. The van der Waals surface area contributed by atoms with Gasteiger partial charge in [0, 0.05) is 37.2 Å². The smallest absolute Gasteiger partial charge is 0.0711 e. The number of rotatable bonds is 6. The highest BCUT2D eigenvalue weighted by Crippen LogP contribution is 2.15. The van der Waals surface area contributed by atoms with Crippen molar-refractivity contribution in [1.82, 2.24) is 10.2 Å². The van der Waals surface area contributed by atoms with E-state index in [2.05, 4.69) is 41.7 Å². The van der Waals surface area contributed by atoms with Crippen LogP contribution in [0.15, 0.2) is 17.5 Å². The molecular weight excluding hydrogens is 244 g/mol. The maximum Gasteiger partial charge on any atom is 0.0711 e. The average Bonchev–Trinajstić information content (AvgIpc) is 3.00. The zero-order chi connectivity index (χ0) is 13.0. The third-order valence-corrected chi connectivity index (χ3v) is 4.75. The van der Waals surface area contributed by atoms with Gasteiger partial charge in [-0.3, -0.25) is 0 Å². The predicted molar refractivity (Wildman–Crippen MR) is 77.3 cm³/mol. The van der Waals surface area contributed by atoms with Crippen molar-refractivity contribution >= 4 is 11.3 Å². The van der Waals surface area contributed by atoms with E-state index in [9.17, 15) is 0 Å². The number of hydrogen-bond acceptors (Lipinski definition) is 4. The SMILES string of the molecule is COC1CNC(CN(C)C(C)Cc2cccs2)C1. The summed E-state index contributed by atoms with van der Waals surface area (Å²) in [6.07, 6.45) is 2.68. The monoisotopic (exact) mass is 268 g/mol. The number of methoxy groups -OCH3 is 1. The minimum Gasteiger partial charge on any atom is -0.380 e. The molecule has 18 heavy (non-hydrogen) atoms. The third kappa shape index (κ3) is 3.79. The summed E-state index contributed by atoms with van der Waals surface area (Å²) >= 11 is 1.85. The summed E-state index contributed by atoms with van der Waals surface area (Å²) in [5.41, 5.74) is 0. The second kappa shape index (κ2) is 6.66. The van der Waals surface area contributed by atoms with E-state index in [4.69, 9.17) is 4.74 Å². The van der Waals surface area contributed by atoms with E-state index in [1.807, 2.05) is 11.3 Å². The van der Waals surface area contributed by atoms with Gasteiger partial charge in [-0.2, -0.15) is 0 Å². The Labute approximate surface area is 114 Å². The molecule has 0 radical (unpaired) electrons. The summed E-state index contributed by atoms with van der Waals surface area (Å²) in [4.78, 5) is 3.93. The van der Waals surface area contributed by atoms with E-state index in [0.717, 1.165) is 25.9 Å². The summed E-state index contributed by atoms with van der Waals surface area (Å²) in [6, 6.07) is 5.52. The van der Waals surface area contributed by atoms with Crippen LogP contribution in [0.1, 0.15) is 18.2 Å². The first-order valence-corrected chi connectivity index (χ1v) is 7.55. The Balaban J connectivity index is 1.75. The van der Waals surface area contributed by atoms with Crippen LogP contribution in [0.25, 0.3) is 0 Å². The Bertz CT molecular complexity index is 342. The van der Waals surface area contributed by atoms with Gasteiger partial charge in [-0.1, -0.05) is 6.07 Å². The lowest BCUT2D eigenvalue weighted by Crippen LogP contribution is -2.40. The summed E-state index contributed by atoms with van der Waals surface area (Å²) in [6.45, 7) is 4.41. The first-order valence-electron chi connectivity index (χ1n) is 6.68. The second-order valence-electron chi connectivity index (χ2n) is 5.27. The highest BCUT2D eigenvalue weighted by molar-refractivity contribution is 7.09. The van der Waals surface area contributed by atoms with Crippen molar-refractivity contribution in [2.45, 2.75) is 38.0 Å². The Morgan fingerprint density at radius 1 is 1.61 bits per heavy atom. The summed E-state index contributed by atoms with van der Waals surface area (Å²) < 4.78 is 5.39. The standard InChI is InChI=1S/C14H24N2OS/c1-11(7-14-5-4-6-18-14)16(2)10-12-8-13(17-3)9-15-12/h4-6,11-13,15H,7-10H2,1-3H3. The largest absolute Gasteiger partial charge is 0.380 e. The fourth-order valence-electron chi connectivity index (χ4n) is 2.50. The van der Waals surface area contributed by atoms with Crippen LogP contribution in [0.4, 0.5) is 0 Å². The molecule has 1 aromatic rings. The molecule has 2 rings (SSSR count). The molecular formula is C14H24N2OS. The van der Waals surface area contributed by atoms with Crippen LogP contribution >= 0.6 is 11.3 Å². The number of nitrogens with zero attached hydrogens (tertiary/aromatic N) is 1. The van der Waals surface area contributed by atoms with Crippen molar-refractivity contribution in [2.75, 3.05) is 27.2 Å². The van der Waals surface area contributed by atoms with Crippen molar-refractivity contribution in [3.05, 3.63) is 22.4 Å². The van der Waals surface area contributed by atoms with E-state index in [1.54, 1.807) is 7.11 Å². The van der Waals surface area contributed by atoms with Crippen molar-refractivity contribution in [3.63, 3.8) is 0 Å². The summed E-state index contributed by atoms with van der Waals surface area (Å²) in [5.74, 6) is 0. The van der Waals surface area contributed by atoms with Crippen molar-refractivity contribution in [2.24, 2.45) is 0 Å². The number of likely N-dealkylation sites (N-methyl/N-ethyl adjacent to an activating group) is 1. The molecule has 0 bridgehead atoms. The van der Waals surface area contributed by atoms with Crippen LogP contribution in [-0.2, 0) is 11.2 Å². The minimum absolute atomic E-state index is 0.399. The molecule has 1 aliphatic heterocycles. The molecule has 1 saturated heterocycles. The molecule has 4 heteroatoms. The molecule has 1 N–H and O–H groups in total. The van der Waals surface area contributed by atoms with E-state index in [0.29, 0.717) is 18.2 Å². The molecule has 0 aliphatic carbocycles. The van der Waals surface area contributed by atoms with Crippen LogP contribution in [-0.4, -0.2) is 50.3 Å². The van der Waals surface area contributed by atoms with Gasteiger partial charge < -0.3 is 15.0 Å². The molecule has 1 fully saturated rings. The fourth-order valence-corrected chi connectivity index (χ4v) is 3.33. The molecule has 2 heterocycles. The van der Waals surface area contributed by atoms with Gasteiger partial charge in [-0.15, -0.1) is 11.3 Å². The molecule has 3 atom stereocenters. The normalized spacial score (nSPS) is 25.8. The van der Waals surface area contributed by atoms with Crippen molar-refractivity contribution in [1.29, 1.82) is 0 Å². The first kappa shape index (κ1) is 14.0. The van der Waals surface area contributed by atoms with Crippen LogP contribution in [0.3, 0.4) is 0 Å². The maximum atomic E-state index is 5.39. The van der Waals surface area contributed by atoms with Crippen molar-refractivity contribution < 1.29 is 4.74 Å². The molecule has 0 aromatic carbocycles. The lowest BCUT2D eigenvalue weighted by Gasteiger charge is -2.27. The topological polar surface area (TPSA) is 24.5 Å². The molecule has 1 aromatic heterocycles. The van der Waals surface area contributed by atoms with Gasteiger partial charge >= 0.3 is 0 Å². The fraction of sp³-hybridized carbons (Fsp3) is 0.714. The number of hydrogen-bond donors (Lipinski definition) is 1. The Morgan fingerprint density at radius 3 is 3.06 bits per heavy atom. The van der Waals surface area contributed by atoms with Gasteiger partial charge in [0.2, 0.25) is 0 Å². The van der Waals surface area contributed by atoms with Gasteiger partial charge in [-0.25, -0.2) is 0 Å². The Hall–Kier alpha value is -0.420. The van der Waals surface area contributed by atoms with Crippen LogP contribution in [0.5, 0.6) is 0 Å². The third-order valence-electron chi connectivity index (χ3n) is 3.85. The van der Waals surface area contributed by atoms with E-state index >= 15 is 0 Å². The zero-order valence-corrected chi connectivity index (χ0v) is 12.4. The van der Waals surface area contributed by atoms with Gasteiger partial charge in [0.25, 0.3) is 0 Å². The Kier molecular flexibility index (Phi) is 5.18. The van der Waals surface area contributed by atoms with E-state index < -0.39 is 0 Å². The average molecular weight is 268 g/mol. The second-order valence-corrected chi connectivity index (χ2v) is 6.30. The quantitative estimate of drug-likeness (QED) is 0.854. The van der Waals surface area contributed by atoms with Gasteiger partial charge in [0.15, 0.2) is 0 Å². The van der Waals surface area contributed by atoms with Crippen LogP contribution < -0.4 is 5.32 Å². The molecule has 102 valence electrons. The lowest BCUT2D eigenvalue weighted by molar-refractivity contribution is 0.115. The molecule has 3 unspecified atom stereocenters. The van der Waals surface area contributed by atoms with Crippen LogP contribution in [0, 0.1) is 0 Å². The summed E-state index contributed by atoms with van der Waals surface area (Å²) in [7, 11) is 4.03. The zero-order valence-electron chi connectivity index (χ0n) is 11.6. The molecule has 0 amide bonds. The van der Waals surface area contributed by atoms with Crippen molar-refractivity contribution in [3.8, 4) is 0 Å². The number of nitrogens with one attached hydrogen (secondary N) is 1. The lowest BCUT2D eigenvalue weighted by atomic mass is 10.1. The van der Waals surface area contributed by atoms with E-state index in [1.165, 1.54) is 4.88 Å². The maximum absolute atomic E-state index is 5.39. The van der Waals surface area contributed by atoms with Gasteiger partial charge in [-0.05, 0) is 38.3 Å². The van der Waals surface area contributed by atoms with Gasteiger partial charge in [0.1, 0.15) is 0 Å². The molecule has 1 aliphatic rings. The highest BCUT2D eigenvalue weighted by Gasteiger charge is 2.25. The minimum atomic E-state index is 0.399. The summed E-state index contributed by atoms with van der Waals surface area (Å²) in [5, 5.41) is 5.69.